The third-order valence-corrected chi connectivity index (χ3v) is 5.83. The van der Waals surface area contributed by atoms with E-state index >= 15 is 0 Å². The molecule has 0 saturated heterocycles. The van der Waals surface area contributed by atoms with E-state index in [1.165, 1.54) is 23.9 Å². The van der Waals surface area contributed by atoms with Crippen LogP contribution in [0.1, 0.15) is 28.7 Å². The molecule has 0 aliphatic carbocycles. The maximum atomic E-state index is 13.9. The second-order valence-corrected chi connectivity index (χ2v) is 8.51. The molecule has 0 unspecified atom stereocenters. The molecule has 0 bridgehead atoms. The molecular weight excluding hydrogens is 485 g/mol. The third-order valence-electron chi connectivity index (χ3n) is 4.37. The Morgan fingerprint density at radius 2 is 1.90 bits per heavy atom. The van der Waals surface area contributed by atoms with Crippen LogP contribution in [0.25, 0.3) is 0 Å². The minimum Gasteiger partial charge on any atom is -0.345 e. The van der Waals surface area contributed by atoms with Gasteiger partial charge in [0.05, 0.1) is 18.0 Å². The summed E-state index contributed by atoms with van der Waals surface area (Å²) in [6, 6.07) is 11.7. The van der Waals surface area contributed by atoms with E-state index in [2.05, 4.69) is 36.8 Å². The largest absolute Gasteiger partial charge is 0.345 e. The molecule has 7 nitrogen and oxygen atoms in total. The maximum Gasteiger partial charge on any atom is 0.251 e. The molecule has 2 aromatic carbocycles. The molecule has 1 heterocycles. The van der Waals surface area contributed by atoms with Gasteiger partial charge in [-0.25, -0.2) is 4.39 Å². The van der Waals surface area contributed by atoms with E-state index in [9.17, 15) is 14.0 Å². The molecule has 162 valence electrons. The SMILES string of the molecule is CCn1c(CNC(=O)c2ccc(C)cc2)nnc1SCC(=O)Nc1ccc(Br)cc1F. The summed E-state index contributed by atoms with van der Waals surface area (Å²) in [6.45, 7) is 4.68. The Bertz CT molecular complexity index is 1090. The zero-order chi connectivity index (χ0) is 22.4. The molecule has 0 atom stereocenters. The van der Waals surface area contributed by atoms with Crippen molar-refractivity contribution in [3.05, 3.63) is 69.7 Å². The Labute approximate surface area is 192 Å². The van der Waals surface area contributed by atoms with Gasteiger partial charge < -0.3 is 15.2 Å². The molecule has 0 aliphatic heterocycles. The number of benzene rings is 2. The highest BCUT2D eigenvalue weighted by Gasteiger charge is 2.15. The fraction of sp³-hybridized carbons (Fsp3) is 0.238. The molecule has 2 amide bonds. The normalized spacial score (nSPS) is 10.7. The second kappa shape index (κ2) is 10.5. The number of nitrogens with zero attached hydrogens (tertiary/aromatic N) is 3. The monoisotopic (exact) mass is 505 g/mol. The lowest BCUT2D eigenvalue weighted by atomic mass is 10.1. The summed E-state index contributed by atoms with van der Waals surface area (Å²) in [7, 11) is 0. The fourth-order valence-electron chi connectivity index (χ4n) is 2.75. The van der Waals surface area contributed by atoms with Gasteiger partial charge in [0.25, 0.3) is 5.91 Å². The van der Waals surface area contributed by atoms with Gasteiger partial charge in [-0.1, -0.05) is 45.4 Å². The van der Waals surface area contributed by atoms with Gasteiger partial charge in [-0.3, -0.25) is 9.59 Å². The summed E-state index contributed by atoms with van der Waals surface area (Å²) in [5, 5.41) is 14.2. The number of nitrogens with one attached hydrogen (secondary N) is 2. The number of hydrogen-bond donors (Lipinski definition) is 2. The quantitative estimate of drug-likeness (QED) is 0.448. The van der Waals surface area contributed by atoms with Gasteiger partial charge in [0.1, 0.15) is 5.82 Å². The number of aromatic nitrogens is 3. The number of thioether (sulfide) groups is 1. The van der Waals surface area contributed by atoms with Crippen molar-refractivity contribution in [3.8, 4) is 0 Å². The molecular formula is C21H21BrFN5O2S. The molecule has 0 fully saturated rings. The average molecular weight is 506 g/mol. The summed E-state index contributed by atoms with van der Waals surface area (Å²) < 4.78 is 16.3. The first-order valence-electron chi connectivity index (χ1n) is 9.52. The van der Waals surface area contributed by atoms with Crippen molar-refractivity contribution < 1.29 is 14.0 Å². The van der Waals surface area contributed by atoms with Crippen molar-refractivity contribution in [3.63, 3.8) is 0 Å². The van der Waals surface area contributed by atoms with Crippen molar-refractivity contribution in [1.82, 2.24) is 20.1 Å². The lowest BCUT2D eigenvalue weighted by molar-refractivity contribution is -0.113. The van der Waals surface area contributed by atoms with Crippen LogP contribution in [0, 0.1) is 12.7 Å². The molecule has 1 aromatic heterocycles. The Kier molecular flexibility index (Phi) is 7.80. The number of amides is 2. The number of halogens is 2. The first kappa shape index (κ1) is 23.0. The molecule has 3 aromatic rings. The van der Waals surface area contributed by atoms with Gasteiger partial charge >= 0.3 is 0 Å². The molecule has 0 saturated carbocycles. The lowest BCUT2D eigenvalue weighted by Crippen LogP contribution is -2.24. The van der Waals surface area contributed by atoms with Crippen molar-refractivity contribution >= 4 is 45.2 Å². The highest BCUT2D eigenvalue weighted by atomic mass is 79.9. The van der Waals surface area contributed by atoms with Gasteiger partial charge in [0, 0.05) is 16.6 Å². The molecule has 3 rings (SSSR count). The van der Waals surface area contributed by atoms with Crippen molar-refractivity contribution in [2.45, 2.75) is 32.1 Å². The van der Waals surface area contributed by atoms with Crippen LogP contribution in [0.5, 0.6) is 0 Å². The summed E-state index contributed by atoms with van der Waals surface area (Å²) in [5.74, 6) is -0.439. The fourth-order valence-corrected chi connectivity index (χ4v) is 3.90. The van der Waals surface area contributed by atoms with Crippen molar-refractivity contribution in [2.24, 2.45) is 0 Å². The molecule has 31 heavy (non-hydrogen) atoms. The topological polar surface area (TPSA) is 88.9 Å². The third kappa shape index (κ3) is 6.14. The van der Waals surface area contributed by atoms with E-state index in [0.29, 0.717) is 27.6 Å². The van der Waals surface area contributed by atoms with Crippen LogP contribution >= 0.6 is 27.7 Å². The standard InChI is InChI=1S/C21H21BrFN5O2S/c1-3-28-18(11-24-20(30)14-6-4-13(2)5-7-14)26-27-21(28)31-12-19(29)25-17-9-8-15(22)10-16(17)23/h4-10H,3,11-12H2,1-2H3,(H,24,30)(H,25,29). The van der Waals surface area contributed by atoms with E-state index in [-0.39, 0.29) is 29.8 Å². The maximum absolute atomic E-state index is 13.9. The predicted octanol–water partition coefficient (Wildman–Crippen LogP) is 4.17. The van der Waals surface area contributed by atoms with Crippen LogP contribution in [-0.2, 0) is 17.9 Å². The van der Waals surface area contributed by atoms with E-state index in [0.717, 1.165) is 5.56 Å². The lowest BCUT2D eigenvalue weighted by Gasteiger charge is -2.09. The van der Waals surface area contributed by atoms with Crippen LogP contribution in [0.3, 0.4) is 0 Å². The highest BCUT2D eigenvalue weighted by Crippen LogP contribution is 2.21. The molecule has 0 radical (unpaired) electrons. The molecule has 10 heteroatoms. The number of carbonyl (C=O) groups is 2. The summed E-state index contributed by atoms with van der Waals surface area (Å²) in [5.41, 5.74) is 1.76. The van der Waals surface area contributed by atoms with Crippen molar-refractivity contribution in [1.29, 1.82) is 0 Å². The summed E-state index contributed by atoms with van der Waals surface area (Å²) in [4.78, 5) is 24.5. The number of rotatable bonds is 8. The Morgan fingerprint density at radius 3 is 2.58 bits per heavy atom. The zero-order valence-electron chi connectivity index (χ0n) is 17.0. The van der Waals surface area contributed by atoms with Crippen LogP contribution in [0.4, 0.5) is 10.1 Å². The molecule has 0 aliphatic rings. The van der Waals surface area contributed by atoms with Gasteiger partial charge in [-0.15, -0.1) is 10.2 Å². The van der Waals surface area contributed by atoms with Crippen LogP contribution < -0.4 is 10.6 Å². The first-order valence-corrected chi connectivity index (χ1v) is 11.3. The first-order chi connectivity index (χ1) is 14.9. The van der Waals surface area contributed by atoms with E-state index < -0.39 is 5.82 Å². The Hall–Kier alpha value is -2.72. The highest BCUT2D eigenvalue weighted by molar-refractivity contribution is 9.10. The summed E-state index contributed by atoms with van der Waals surface area (Å²) in [6.07, 6.45) is 0. The smallest absolute Gasteiger partial charge is 0.251 e. The van der Waals surface area contributed by atoms with Gasteiger partial charge in [-0.05, 0) is 44.2 Å². The van der Waals surface area contributed by atoms with Gasteiger partial charge in [-0.2, -0.15) is 0 Å². The van der Waals surface area contributed by atoms with Crippen LogP contribution in [0.15, 0.2) is 52.1 Å². The number of hydrogen-bond acceptors (Lipinski definition) is 5. The Morgan fingerprint density at radius 1 is 1.16 bits per heavy atom. The van der Waals surface area contributed by atoms with Gasteiger partial charge in [0.2, 0.25) is 5.91 Å². The van der Waals surface area contributed by atoms with Crippen molar-refractivity contribution in [2.75, 3.05) is 11.1 Å². The van der Waals surface area contributed by atoms with Crippen LogP contribution in [-0.4, -0.2) is 32.3 Å². The molecule has 2 N–H and O–H groups in total. The van der Waals surface area contributed by atoms with E-state index in [4.69, 9.17) is 0 Å². The number of carbonyl (C=O) groups excluding carboxylic acids is 2. The Balaban J connectivity index is 1.57. The van der Waals surface area contributed by atoms with Gasteiger partial charge in [0.15, 0.2) is 11.0 Å². The number of aryl methyl sites for hydroxylation is 1. The van der Waals surface area contributed by atoms with E-state index in [1.54, 1.807) is 18.2 Å². The minimum atomic E-state index is -0.518. The zero-order valence-corrected chi connectivity index (χ0v) is 19.4. The summed E-state index contributed by atoms with van der Waals surface area (Å²) >= 11 is 4.37. The number of anilines is 1. The predicted molar refractivity (Wildman–Crippen MR) is 121 cm³/mol. The second-order valence-electron chi connectivity index (χ2n) is 6.65. The average Bonchev–Trinajstić information content (AvgIpc) is 3.15. The molecule has 0 spiro atoms. The minimum absolute atomic E-state index is 0.0450. The van der Waals surface area contributed by atoms with Crippen LogP contribution in [0.2, 0.25) is 0 Å². The van der Waals surface area contributed by atoms with E-state index in [1.807, 2.05) is 30.5 Å².